The Morgan fingerprint density at radius 1 is 0.964 bits per heavy atom. The molecule has 2 aromatic rings. The van der Waals surface area contributed by atoms with Crippen molar-refractivity contribution in [1.29, 1.82) is 0 Å². The van der Waals surface area contributed by atoms with Gasteiger partial charge in [-0.1, -0.05) is 83.1 Å². The van der Waals surface area contributed by atoms with E-state index in [9.17, 15) is 0 Å². The van der Waals surface area contributed by atoms with Crippen molar-refractivity contribution in [3.8, 4) is 11.1 Å². The number of fused-ring (bicyclic) bond motifs is 3. The first-order valence-electron chi connectivity index (χ1n) is 10.1. The summed E-state index contributed by atoms with van der Waals surface area (Å²) in [4.78, 5) is 4.34. The molecule has 2 aromatic carbocycles. The third-order valence-corrected chi connectivity index (χ3v) is 4.15. The van der Waals surface area contributed by atoms with Crippen molar-refractivity contribution in [2.24, 2.45) is 5.73 Å². The zero-order valence-electron chi connectivity index (χ0n) is 17.9. The van der Waals surface area contributed by atoms with Gasteiger partial charge in [0.25, 0.3) is 0 Å². The van der Waals surface area contributed by atoms with Crippen LogP contribution in [0.1, 0.15) is 59.5 Å². The van der Waals surface area contributed by atoms with E-state index in [-0.39, 0.29) is 20.2 Å². The van der Waals surface area contributed by atoms with E-state index in [1.807, 2.05) is 58.9 Å². The Morgan fingerprint density at radius 2 is 1.43 bits per heavy atom. The van der Waals surface area contributed by atoms with Crippen LogP contribution in [0.4, 0.5) is 0 Å². The second-order valence-electron chi connectivity index (χ2n) is 5.69. The molecule has 0 saturated carbocycles. The fourth-order valence-electron chi connectivity index (χ4n) is 2.84. The molecule has 0 saturated heterocycles. The molecule has 5 nitrogen and oxygen atoms in total. The summed E-state index contributed by atoms with van der Waals surface area (Å²) in [6.07, 6.45) is 0.889. The first-order chi connectivity index (χ1) is 13.7. The number of hydrogen-bond donors (Lipinski definition) is 3. The largest absolute Gasteiger partial charge is 0.371 e. The summed E-state index contributed by atoms with van der Waals surface area (Å²) in [6.45, 7) is 10.5. The van der Waals surface area contributed by atoms with Gasteiger partial charge >= 0.3 is 0 Å². The Labute approximate surface area is 171 Å². The third kappa shape index (κ3) is 7.70. The molecule has 0 spiro atoms. The van der Waals surface area contributed by atoms with Crippen LogP contribution >= 0.6 is 0 Å². The number of benzene rings is 2. The number of aliphatic hydroxyl groups is 1. The molecule has 1 aliphatic carbocycles. The number of rotatable bonds is 6. The van der Waals surface area contributed by atoms with Crippen molar-refractivity contribution in [1.82, 2.24) is 0 Å². The summed E-state index contributed by atoms with van der Waals surface area (Å²) in [5, 5.41) is 16.8. The highest BCUT2D eigenvalue weighted by molar-refractivity contribution is 5.78. The van der Waals surface area contributed by atoms with Gasteiger partial charge in [-0.2, -0.15) is 0 Å². The van der Waals surface area contributed by atoms with Gasteiger partial charge in [0.15, 0.2) is 0 Å². The molecule has 0 unspecified atom stereocenters. The molecular formula is C23H39NO4. The van der Waals surface area contributed by atoms with Crippen LogP contribution in [0.15, 0.2) is 48.5 Å². The highest BCUT2D eigenvalue weighted by Crippen LogP contribution is 2.44. The van der Waals surface area contributed by atoms with Gasteiger partial charge in [-0.05, 0) is 28.7 Å². The number of ether oxygens (including phenoxy) is 1. The van der Waals surface area contributed by atoms with Gasteiger partial charge in [0.05, 0.1) is 13.2 Å². The lowest BCUT2D eigenvalue weighted by molar-refractivity contribution is -0.243. The lowest BCUT2D eigenvalue weighted by atomic mass is 9.98. The maximum absolute atomic E-state index is 8.68. The zero-order chi connectivity index (χ0) is 21.4. The molecule has 0 fully saturated rings. The van der Waals surface area contributed by atoms with Crippen molar-refractivity contribution in [3.63, 3.8) is 0 Å². The standard InChI is InChI=1S/C14H12O2.C5H13NO2.2C2H6.H2/c15-16-9-14-12-7-3-1-5-10(12)11-6-2-4-8-13(11)14;1-2-5(6)3-8-4-7;2*1-2;/h1-8,14-15H,9H2;5,7H,2-4,6H2,1H3;2*1-2H3;1H/t;5-;;;/m.0.../s1. The van der Waals surface area contributed by atoms with Crippen LogP contribution < -0.4 is 5.73 Å². The van der Waals surface area contributed by atoms with Gasteiger partial charge in [-0.25, -0.2) is 4.89 Å². The minimum absolute atomic E-state index is 0. The topological polar surface area (TPSA) is 84.9 Å². The monoisotopic (exact) mass is 393 g/mol. The van der Waals surface area contributed by atoms with Gasteiger partial charge < -0.3 is 15.6 Å². The number of nitrogens with two attached hydrogens (primary N) is 1. The minimum atomic E-state index is -0.228. The highest BCUT2D eigenvalue weighted by atomic mass is 17.1. The Bertz CT molecular complexity index is 594. The molecule has 28 heavy (non-hydrogen) atoms. The molecule has 0 aliphatic heterocycles. The van der Waals surface area contributed by atoms with Gasteiger partial charge in [-0.15, -0.1) is 0 Å². The quantitative estimate of drug-likeness (QED) is 0.353. The molecule has 0 amide bonds. The minimum Gasteiger partial charge on any atom is -0.371 e. The van der Waals surface area contributed by atoms with Crippen molar-refractivity contribution in [3.05, 3.63) is 59.7 Å². The van der Waals surface area contributed by atoms with Crippen LogP contribution in [0.3, 0.4) is 0 Å². The van der Waals surface area contributed by atoms with Crippen LogP contribution in [0, 0.1) is 0 Å². The normalized spacial score (nSPS) is 12.1. The van der Waals surface area contributed by atoms with Gasteiger partial charge in [0.1, 0.15) is 6.79 Å². The fourth-order valence-corrected chi connectivity index (χ4v) is 2.84. The SMILES string of the molecule is CC.CC.CC[C@H](N)COCO.OOCC1c2ccccc2-c2ccccc21.[HH]. The highest BCUT2D eigenvalue weighted by Gasteiger charge is 2.27. The van der Waals surface area contributed by atoms with Crippen molar-refractivity contribution >= 4 is 0 Å². The Balaban J connectivity index is 0. The molecular weight excluding hydrogens is 354 g/mol. The second kappa shape index (κ2) is 16.2. The maximum atomic E-state index is 8.68. The maximum Gasteiger partial charge on any atom is 0.143 e. The lowest BCUT2D eigenvalue weighted by Gasteiger charge is -2.10. The molecule has 1 atom stereocenters. The van der Waals surface area contributed by atoms with Crippen LogP contribution in [0.2, 0.25) is 0 Å². The number of hydrogen-bond acceptors (Lipinski definition) is 5. The second-order valence-corrected chi connectivity index (χ2v) is 5.69. The molecule has 160 valence electrons. The van der Waals surface area contributed by atoms with E-state index >= 15 is 0 Å². The molecule has 3 rings (SSSR count). The van der Waals surface area contributed by atoms with E-state index in [0.29, 0.717) is 13.2 Å². The summed E-state index contributed by atoms with van der Waals surface area (Å²) >= 11 is 0. The van der Waals surface area contributed by atoms with Gasteiger partial charge in [-0.3, -0.25) is 5.26 Å². The smallest absolute Gasteiger partial charge is 0.143 e. The summed E-state index contributed by atoms with van der Waals surface area (Å²) in [7, 11) is 0. The summed E-state index contributed by atoms with van der Waals surface area (Å²) in [6, 6.07) is 16.6. The van der Waals surface area contributed by atoms with E-state index in [0.717, 1.165) is 6.42 Å². The predicted molar refractivity (Wildman–Crippen MR) is 118 cm³/mol. The third-order valence-electron chi connectivity index (χ3n) is 4.15. The van der Waals surface area contributed by atoms with E-state index in [1.54, 1.807) is 0 Å². The van der Waals surface area contributed by atoms with Crippen molar-refractivity contribution in [2.75, 3.05) is 20.0 Å². The Morgan fingerprint density at radius 3 is 1.82 bits per heavy atom. The fraction of sp³-hybridized carbons (Fsp3) is 0.478. The summed E-state index contributed by atoms with van der Waals surface area (Å²) in [5.74, 6) is 0.150. The molecule has 5 heteroatoms. The van der Waals surface area contributed by atoms with Crippen LogP contribution in [0.5, 0.6) is 0 Å². The average Bonchev–Trinajstić information content (AvgIpc) is 3.10. The summed E-state index contributed by atoms with van der Waals surface area (Å²) < 4.78 is 4.62. The average molecular weight is 394 g/mol. The van der Waals surface area contributed by atoms with Gasteiger partial charge in [0.2, 0.25) is 0 Å². The van der Waals surface area contributed by atoms with Crippen LogP contribution in [0.25, 0.3) is 11.1 Å². The predicted octanol–water partition coefficient (Wildman–Crippen LogP) is 5.28. The van der Waals surface area contributed by atoms with Crippen LogP contribution in [-0.2, 0) is 9.62 Å². The summed E-state index contributed by atoms with van der Waals surface area (Å²) in [5.41, 5.74) is 10.4. The molecule has 0 aromatic heterocycles. The first-order valence-corrected chi connectivity index (χ1v) is 10.1. The molecule has 1 aliphatic rings. The van der Waals surface area contributed by atoms with Crippen molar-refractivity contribution < 1.29 is 21.4 Å². The van der Waals surface area contributed by atoms with E-state index in [2.05, 4.69) is 33.9 Å². The Kier molecular flexibility index (Phi) is 15.2. The lowest BCUT2D eigenvalue weighted by Crippen LogP contribution is -2.25. The van der Waals surface area contributed by atoms with E-state index < -0.39 is 0 Å². The molecule has 4 N–H and O–H groups in total. The number of aliphatic hydroxyl groups excluding tert-OH is 1. The zero-order valence-corrected chi connectivity index (χ0v) is 17.9. The molecule has 0 heterocycles. The molecule has 0 bridgehead atoms. The van der Waals surface area contributed by atoms with Crippen LogP contribution in [-0.4, -0.2) is 36.4 Å². The Hall–Kier alpha value is -1.76. The van der Waals surface area contributed by atoms with E-state index in [4.69, 9.17) is 16.1 Å². The first kappa shape index (κ1) is 26.2. The molecule has 0 radical (unpaired) electrons. The van der Waals surface area contributed by atoms with E-state index in [1.165, 1.54) is 22.3 Å². The van der Waals surface area contributed by atoms with Crippen molar-refractivity contribution in [2.45, 2.75) is 53.0 Å². The van der Waals surface area contributed by atoms with Gasteiger partial charge in [0, 0.05) is 13.4 Å².